The number of rotatable bonds is 5. The minimum Gasteiger partial charge on any atom is -0.497 e. The fraction of sp³-hybridized carbons (Fsp3) is 0.273. The Kier molecular flexibility index (Phi) is 4.85. The first-order valence-electron chi connectivity index (χ1n) is 9.72. The Bertz CT molecular complexity index is 1150. The fourth-order valence-electron chi connectivity index (χ4n) is 4.06. The van der Waals surface area contributed by atoms with E-state index in [-0.39, 0.29) is 5.91 Å². The van der Waals surface area contributed by atoms with Gasteiger partial charge in [-0.15, -0.1) is 22.7 Å². The monoisotopic (exact) mass is 423 g/mol. The van der Waals surface area contributed by atoms with E-state index in [4.69, 9.17) is 4.74 Å². The lowest BCUT2D eigenvalue weighted by molar-refractivity contribution is 0.101. The van der Waals surface area contributed by atoms with Crippen molar-refractivity contribution in [2.75, 3.05) is 12.4 Å². The summed E-state index contributed by atoms with van der Waals surface area (Å²) in [5, 5.41) is 7.69. The number of methoxy groups -OCH3 is 1. The van der Waals surface area contributed by atoms with E-state index in [2.05, 4.69) is 26.3 Å². The molecule has 4 aromatic rings. The number of benzene rings is 1. The van der Waals surface area contributed by atoms with E-state index in [0.717, 1.165) is 35.5 Å². The second kappa shape index (κ2) is 7.65. The van der Waals surface area contributed by atoms with E-state index >= 15 is 0 Å². The summed E-state index contributed by atoms with van der Waals surface area (Å²) in [4.78, 5) is 17.7. The van der Waals surface area contributed by atoms with Crippen LogP contribution in [0.1, 0.15) is 42.2 Å². The fourth-order valence-corrected chi connectivity index (χ4v) is 5.59. The highest BCUT2D eigenvalue weighted by Gasteiger charge is 2.25. The number of hydrogen-bond acceptors (Lipinski definition) is 5. The maximum atomic E-state index is 13.1. The van der Waals surface area contributed by atoms with Gasteiger partial charge < -0.3 is 9.30 Å². The van der Waals surface area contributed by atoms with Gasteiger partial charge in [0, 0.05) is 17.0 Å². The molecule has 7 heteroatoms. The van der Waals surface area contributed by atoms with Crippen LogP contribution in [0.5, 0.6) is 5.75 Å². The number of thiazole rings is 1. The number of carbonyl (C=O) groups excluding carboxylic acids is 1. The van der Waals surface area contributed by atoms with Crippen LogP contribution in [0.25, 0.3) is 21.5 Å². The van der Waals surface area contributed by atoms with Gasteiger partial charge in [0.1, 0.15) is 11.4 Å². The summed E-state index contributed by atoms with van der Waals surface area (Å²) in [6, 6.07) is 12.3. The lowest BCUT2D eigenvalue weighted by Crippen LogP contribution is -2.19. The molecule has 1 saturated carbocycles. The van der Waals surface area contributed by atoms with Crippen molar-refractivity contribution in [3.8, 4) is 17.0 Å². The number of carbonyl (C=O) groups is 1. The number of nitrogens with zero attached hydrogens (tertiary/aromatic N) is 2. The highest BCUT2D eigenvalue weighted by Crippen LogP contribution is 2.37. The summed E-state index contributed by atoms with van der Waals surface area (Å²) in [5.41, 5.74) is 3.75. The molecule has 0 saturated heterocycles. The first-order chi connectivity index (χ1) is 14.2. The van der Waals surface area contributed by atoms with E-state index in [9.17, 15) is 4.79 Å². The number of hydrogen-bond donors (Lipinski definition) is 1. The van der Waals surface area contributed by atoms with E-state index in [1.165, 1.54) is 34.4 Å². The van der Waals surface area contributed by atoms with Crippen LogP contribution < -0.4 is 10.1 Å². The summed E-state index contributed by atoms with van der Waals surface area (Å²) in [7, 11) is 1.65. The number of anilines is 1. The van der Waals surface area contributed by atoms with E-state index in [1.807, 2.05) is 35.7 Å². The molecule has 0 bridgehead atoms. The van der Waals surface area contributed by atoms with Crippen molar-refractivity contribution in [2.45, 2.75) is 31.7 Å². The molecule has 5 nitrogen and oxygen atoms in total. The Labute approximate surface area is 177 Å². The summed E-state index contributed by atoms with van der Waals surface area (Å²) in [6.45, 7) is 0. The quantitative estimate of drug-likeness (QED) is 0.416. The van der Waals surface area contributed by atoms with Crippen molar-refractivity contribution in [1.82, 2.24) is 9.55 Å². The topological polar surface area (TPSA) is 56.1 Å². The van der Waals surface area contributed by atoms with Crippen LogP contribution in [-0.4, -0.2) is 22.6 Å². The molecule has 0 aliphatic heterocycles. The number of aromatic nitrogens is 2. The molecule has 3 aromatic heterocycles. The molecule has 1 aliphatic carbocycles. The first kappa shape index (κ1) is 18.4. The zero-order chi connectivity index (χ0) is 19.8. The van der Waals surface area contributed by atoms with Gasteiger partial charge in [-0.25, -0.2) is 4.98 Å². The molecular weight excluding hydrogens is 402 g/mol. The van der Waals surface area contributed by atoms with Gasteiger partial charge in [0.05, 0.1) is 23.0 Å². The second-order valence-corrected chi connectivity index (χ2v) is 9.03. The molecule has 0 spiro atoms. The predicted molar refractivity (Wildman–Crippen MR) is 119 cm³/mol. The SMILES string of the molecule is COc1ccc(-c2csc(NC(=O)c3cc4sccc4n3C3CCCC3)n2)cc1. The van der Waals surface area contributed by atoms with Crippen molar-refractivity contribution in [1.29, 1.82) is 0 Å². The smallest absolute Gasteiger partial charge is 0.274 e. The molecule has 1 fully saturated rings. The Balaban J connectivity index is 1.40. The Morgan fingerprint density at radius 2 is 1.97 bits per heavy atom. The van der Waals surface area contributed by atoms with Gasteiger partial charge in [-0.2, -0.15) is 0 Å². The van der Waals surface area contributed by atoms with Gasteiger partial charge in [-0.05, 0) is 54.6 Å². The van der Waals surface area contributed by atoms with Gasteiger partial charge in [0.2, 0.25) is 0 Å². The molecule has 1 aliphatic rings. The third kappa shape index (κ3) is 3.45. The van der Waals surface area contributed by atoms with E-state index in [0.29, 0.717) is 11.2 Å². The second-order valence-electron chi connectivity index (χ2n) is 7.23. The zero-order valence-electron chi connectivity index (χ0n) is 16.1. The molecule has 1 amide bonds. The minimum absolute atomic E-state index is 0.0871. The van der Waals surface area contributed by atoms with E-state index < -0.39 is 0 Å². The summed E-state index contributed by atoms with van der Waals surface area (Å²) in [6.07, 6.45) is 4.73. The largest absolute Gasteiger partial charge is 0.497 e. The zero-order valence-corrected chi connectivity index (χ0v) is 17.7. The summed E-state index contributed by atoms with van der Waals surface area (Å²) >= 11 is 3.13. The highest BCUT2D eigenvalue weighted by molar-refractivity contribution is 7.17. The average molecular weight is 424 g/mol. The third-order valence-corrected chi connectivity index (χ3v) is 7.10. The lowest BCUT2D eigenvalue weighted by atomic mass is 10.2. The molecule has 3 heterocycles. The summed E-state index contributed by atoms with van der Waals surface area (Å²) < 4.78 is 8.62. The van der Waals surface area contributed by atoms with Crippen LogP contribution in [0.3, 0.4) is 0 Å². The summed E-state index contributed by atoms with van der Waals surface area (Å²) in [5.74, 6) is 0.723. The van der Waals surface area contributed by atoms with Crippen molar-refractivity contribution in [2.24, 2.45) is 0 Å². The van der Waals surface area contributed by atoms with Gasteiger partial charge in [0.15, 0.2) is 5.13 Å². The van der Waals surface area contributed by atoms with Crippen molar-refractivity contribution in [3.05, 3.63) is 52.9 Å². The molecule has 5 rings (SSSR count). The van der Waals surface area contributed by atoms with Crippen LogP contribution in [0, 0.1) is 0 Å². The Hall–Kier alpha value is -2.64. The number of amides is 1. The predicted octanol–water partition coefficient (Wildman–Crippen LogP) is 6.20. The average Bonchev–Trinajstić information content (AvgIpc) is 3.51. The molecule has 0 unspecified atom stereocenters. The number of nitrogens with one attached hydrogen (secondary N) is 1. The minimum atomic E-state index is -0.0871. The number of ether oxygens (including phenoxy) is 1. The lowest BCUT2D eigenvalue weighted by Gasteiger charge is -2.16. The van der Waals surface area contributed by atoms with Crippen LogP contribution in [0.4, 0.5) is 5.13 Å². The maximum absolute atomic E-state index is 13.1. The Morgan fingerprint density at radius 3 is 2.72 bits per heavy atom. The van der Waals surface area contributed by atoms with Crippen molar-refractivity contribution >= 4 is 43.9 Å². The van der Waals surface area contributed by atoms with Gasteiger partial charge in [0.25, 0.3) is 5.91 Å². The Morgan fingerprint density at radius 1 is 1.17 bits per heavy atom. The van der Waals surface area contributed by atoms with Crippen LogP contribution in [0.15, 0.2) is 47.2 Å². The molecule has 1 N–H and O–H groups in total. The maximum Gasteiger partial charge on any atom is 0.274 e. The van der Waals surface area contributed by atoms with Gasteiger partial charge >= 0.3 is 0 Å². The van der Waals surface area contributed by atoms with Crippen LogP contribution >= 0.6 is 22.7 Å². The molecule has 29 heavy (non-hydrogen) atoms. The first-order valence-corrected chi connectivity index (χ1v) is 11.5. The van der Waals surface area contributed by atoms with E-state index in [1.54, 1.807) is 18.4 Å². The normalized spacial score (nSPS) is 14.5. The molecule has 0 atom stereocenters. The van der Waals surface area contributed by atoms with Crippen molar-refractivity contribution in [3.63, 3.8) is 0 Å². The standard InChI is InChI=1S/C22H21N3O2S2/c1-27-16-8-6-14(7-9-16)17-13-29-22(23-17)24-21(26)19-12-20-18(10-11-28-20)25(19)15-4-2-3-5-15/h6-13,15H,2-5H2,1H3,(H,23,24,26). The molecular formula is C22H21N3O2S2. The molecule has 148 valence electrons. The number of thiophene rings is 1. The van der Waals surface area contributed by atoms with Gasteiger partial charge in [-0.3, -0.25) is 10.1 Å². The number of fused-ring (bicyclic) bond motifs is 1. The third-order valence-electron chi connectivity index (χ3n) is 5.49. The van der Waals surface area contributed by atoms with Crippen LogP contribution in [0.2, 0.25) is 0 Å². The van der Waals surface area contributed by atoms with Gasteiger partial charge in [-0.1, -0.05) is 12.8 Å². The molecule has 0 radical (unpaired) electrons. The molecule has 1 aromatic carbocycles. The van der Waals surface area contributed by atoms with Crippen molar-refractivity contribution < 1.29 is 9.53 Å². The van der Waals surface area contributed by atoms with Crippen LogP contribution in [-0.2, 0) is 0 Å². The highest BCUT2D eigenvalue weighted by atomic mass is 32.1.